The van der Waals surface area contributed by atoms with Crippen LogP contribution in [0.2, 0.25) is 0 Å². The summed E-state index contributed by atoms with van der Waals surface area (Å²) in [5.41, 5.74) is 4.36. The van der Waals surface area contributed by atoms with E-state index in [1.54, 1.807) is 4.90 Å². The molecule has 2 N–H and O–H groups in total. The monoisotopic (exact) mass is 558 g/mol. The zero-order chi connectivity index (χ0) is 27.4. The van der Waals surface area contributed by atoms with Gasteiger partial charge in [-0.2, -0.15) is 0 Å². The summed E-state index contributed by atoms with van der Waals surface area (Å²) >= 11 is 7.39. The lowest BCUT2D eigenvalue weighted by Crippen LogP contribution is -2.57. The summed E-state index contributed by atoms with van der Waals surface area (Å²) in [6.07, 6.45) is 1.29. The van der Waals surface area contributed by atoms with Crippen LogP contribution < -0.4 is 10.9 Å². The predicted molar refractivity (Wildman–Crippen MR) is 151 cm³/mol. The molecule has 6 nitrogen and oxygen atoms in total. The van der Waals surface area contributed by atoms with Gasteiger partial charge in [-0.3, -0.25) is 9.59 Å². The Hall–Kier alpha value is -2.72. The number of alkyl halides is 2. The van der Waals surface area contributed by atoms with E-state index in [2.05, 4.69) is 27.9 Å². The predicted octanol–water partition coefficient (Wildman–Crippen LogP) is 5.20. The number of H-pyrrole nitrogens is 1. The maximum atomic E-state index is 13.2. The number of pyridine rings is 1. The summed E-state index contributed by atoms with van der Waals surface area (Å²) < 4.78 is 28.7. The van der Waals surface area contributed by atoms with Crippen molar-refractivity contribution in [2.45, 2.75) is 57.0 Å². The molecule has 202 valence electrons. The number of rotatable bonds is 7. The first-order valence-electron chi connectivity index (χ1n) is 12.8. The molecular weight excluding hydrogens is 526 g/mol. The second-order valence-corrected chi connectivity index (χ2v) is 11.8. The van der Waals surface area contributed by atoms with E-state index < -0.39 is 11.8 Å². The maximum Gasteiger partial charge on any atom is 0.254 e. The number of halogens is 2. The number of thiocarbonyl (C=S) groups is 1. The molecule has 38 heavy (non-hydrogen) atoms. The largest absolute Gasteiger partial charge is 0.371 e. The summed E-state index contributed by atoms with van der Waals surface area (Å²) in [5, 5.41) is 4.35. The Morgan fingerprint density at radius 3 is 2.61 bits per heavy atom. The van der Waals surface area contributed by atoms with E-state index >= 15 is 0 Å². The quantitative estimate of drug-likeness (QED) is 0.308. The van der Waals surface area contributed by atoms with E-state index in [1.807, 2.05) is 44.4 Å². The summed E-state index contributed by atoms with van der Waals surface area (Å²) in [6.45, 7) is 7.51. The molecule has 1 aliphatic carbocycles. The summed E-state index contributed by atoms with van der Waals surface area (Å²) in [4.78, 5) is 31.3. The molecule has 2 fully saturated rings. The molecule has 2 aromatic heterocycles. The SMILES string of the molecule is CSc1cc(C)[nH]c(=O)c1CNC(=S)c1c(C)n([C@H](C)C2CN(C(=O)C3CC(F)(F)C3)C2)c2ccccc12. The zero-order valence-corrected chi connectivity index (χ0v) is 23.6. The van der Waals surface area contributed by atoms with Gasteiger partial charge in [0.15, 0.2) is 0 Å². The van der Waals surface area contributed by atoms with Crippen LogP contribution in [0.4, 0.5) is 8.78 Å². The van der Waals surface area contributed by atoms with Crippen molar-refractivity contribution < 1.29 is 13.6 Å². The smallest absolute Gasteiger partial charge is 0.254 e. The Kier molecular flexibility index (Phi) is 7.15. The van der Waals surface area contributed by atoms with Crippen molar-refractivity contribution >= 4 is 45.8 Å². The molecule has 1 aliphatic heterocycles. The number of carbonyl (C=O) groups is 1. The number of aromatic amines is 1. The summed E-state index contributed by atoms with van der Waals surface area (Å²) in [6, 6.07) is 10.2. The van der Waals surface area contributed by atoms with E-state index in [0.29, 0.717) is 30.2 Å². The Bertz CT molecular complexity index is 1470. The van der Waals surface area contributed by atoms with Gasteiger partial charge < -0.3 is 19.8 Å². The van der Waals surface area contributed by atoms with Crippen LogP contribution in [-0.4, -0.2) is 50.6 Å². The second-order valence-electron chi connectivity index (χ2n) is 10.6. The van der Waals surface area contributed by atoms with Gasteiger partial charge in [-0.05, 0) is 39.2 Å². The third kappa shape index (κ3) is 4.77. The summed E-state index contributed by atoms with van der Waals surface area (Å²) in [7, 11) is 0. The molecule has 1 atom stereocenters. The number of hydrogen-bond acceptors (Lipinski definition) is 4. The highest BCUT2D eigenvalue weighted by Crippen LogP contribution is 2.44. The third-order valence-electron chi connectivity index (χ3n) is 8.01. The molecule has 0 radical (unpaired) electrons. The lowest BCUT2D eigenvalue weighted by molar-refractivity contribution is -0.166. The molecule has 5 rings (SSSR count). The highest BCUT2D eigenvalue weighted by molar-refractivity contribution is 7.98. The molecule has 1 saturated carbocycles. The molecule has 0 spiro atoms. The number of fused-ring (bicyclic) bond motifs is 1. The van der Waals surface area contributed by atoms with Crippen molar-refractivity contribution in [3.05, 3.63) is 63.2 Å². The minimum Gasteiger partial charge on any atom is -0.371 e. The molecule has 1 amide bonds. The van der Waals surface area contributed by atoms with Gasteiger partial charge in [0, 0.05) is 88.7 Å². The minimum atomic E-state index is -2.69. The van der Waals surface area contributed by atoms with E-state index in [1.165, 1.54) is 11.8 Å². The summed E-state index contributed by atoms with van der Waals surface area (Å²) in [5.74, 6) is -3.15. The highest BCUT2D eigenvalue weighted by atomic mass is 32.2. The molecule has 3 aromatic rings. The van der Waals surface area contributed by atoms with E-state index in [9.17, 15) is 18.4 Å². The van der Waals surface area contributed by atoms with Crippen molar-refractivity contribution in [2.75, 3.05) is 19.3 Å². The van der Waals surface area contributed by atoms with Crippen molar-refractivity contribution in [3.8, 4) is 0 Å². The van der Waals surface area contributed by atoms with Gasteiger partial charge in [-0.1, -0.05) is 30.4 Å². The van der Waals surface area contributed by atoms with Gasteiger partial charge in [-0.15, -0.1) is 11.8 Å². The van der Waals surface area contributed by atoms with Crippen LogP contribution >= 0.6 is 24.0 Å². The topological polar surface area (TPSA) is 70.1 Å². The fraction of sp³-hybridized carbons (Fsp3) is 0.464. The number of nitrogens with one attached hydrogen (secondary N) is 2. The number of aryl methyl sites for hydroxylation is 1. The number of likely N-dealkylation sites (tertiary alicyclic amines) is 1. The number of amides is 1. The van der Waals surface area contributed by atoms with Gasteiger partial charge in [0.25, 0.3) is 5.56 Å². The Balaban J connectivity index is 1.34. The minimum absolute atomic E-state index is 0.0892. The Labute approximate surface area is 230 Å². The van der Waals surface area contributed by atoms with Crippen molar-refractivity contribution in [2.24, 2.45) is 11.8 Å². The lowest BCUT2D eigenvalue weighted by Gasteiger charge is -2.46. The van der Waals surface area contributed by atoms with Crippen LogP contribution in [0.15, 0.2) is 40.0 Å². The maximum absolute atomic E-state index is 13.2. The van der Waals surface area contributed by atoms with Crippen LogP contribution in [0, 0.1) is 25.7 Å². The van der Waals surface area contributed by atoms with Crippen LogP contribution in [0.3, 0.4) is 0 Å². The van der Waals surface area contributed by atoms with E-state index in [0.717, 1.165) is 32.7 Å². The fourth-order valence-corrected chi connectivity index (χ4v) is 6.83. The number of carbonyl (C=O) groups excluding carboxylic acids is 1. The number of benzene rings is 1. The normalized spacial score (nSPS) is 18.2. The van der Waals surface area contributed by atoms with Crippen LogP contribution in [0.1, 0.15) is 48.3 Å². The first kappa shape index (κ1) is 26.9. The first-order valence-corrected chi connectivity index (χ1v) is 14.4. The second kappa shape index (κ2) is 10.1. The molecule has 0 unspecified atom stereocenters. The third-order valence-corrected chi connectivity index (χ3v) is 9.16. The fourth-order valence-electron chi connectivity index (χ4n) is 5.80. The van der Waals surface area contributed by atoms with Gasteiger partial charge in [0.2, 0.25) is 11.8 Å². The van der Waals surface area contributed by atoms with E-state index in [-0.39, 0.29) is 36.3 Å². The Morgan fingerprint density at radius 2 is 1.95 bits per heavy atom. The number of thioether (sulfide) groups is 1. The van der Waals surface area contributed by atoms with Crippen LogP contribution in [0.25, 0.3) is 10.9 Å². The van der Waals surface area contributed by atoms with E-state index in [4.69, 9.17) is 12.2 Å². The van der Waals surface area contributed by atoms with Crippen molar-refractivity contribution in [1.29, 1.82) is 0 Å². The van der Waals surface area contributed by atoms with Crippen LogP contribution in [0.5, 0.6) is 0 Å². The number of hydrogen-bond donors (Lipinski definition) is 2. The van der Waals surface area contributed by atoms with Gasteiger partial charge in [-0.25, -0.2) is 8.78 Å². The molecule has 3 heterocycles. The molecule has 10 heteroatoms. The van der Waals surface area contributed by atoms with Crippen molar-refractivity contribution in [1.82, 2.24) is 19.8 Å². The Morgan fingerprint density at radius 1 is 1.26 bits per heavy atom. The van der Waals surface area contributed by atoms with Gasteiger partial charge in [0.1, 0.15) is 4.99 Å². The lowest BCUT2D eigenvalue weighted by atomic mass is 9.79. The molecule has 2 aliphatic rings. The average molecular weight is 559 g/mol. The number of para-hydroxylation sites is 1. The first-order chi connectivity index (χ1) is 18.0. The molecule has 1 aromatic carbocycles. The standard InChI is InChI=1S/C28H32F2N4O2S2/c1-15-9-23(38-4)21(25(35)32-15)12-31-26(37)24-17(3)34(22-8-6-5-7-20(22)24)16(2)19-13-33(14-19)27(36)18-10-28(29,30)11-18/h5-9,16,18-19H,10-14H2,1-4H3,(H,31,37)(H,32,35)/t16-/m1/s1. The molecule has 0 bridgehead atoms. The van der Waals surface area contributed by atoms with Gasteiger partial charge in [0.05, 0.1) is 0 Å². The molecule has 1 saturated heterocycles. The van der Waals surface area contributed by atoms with Gasteiger partial charge >= 0.3 is 0 Å². The van der Waals surface area contributed by atoms with Crippen LogP contribution in [-0.2, 0) is 11.3 Å². The zero-order valence-electron chi connectivity index (χ0n) is 21.9. The van der Waals surface area contributed by atoms with Crippen molar-refractivity contribution in [3.63, 3.8) is 0 Å². The highest BCUT2D eigenvalue weighted by Gasteiger charge is 2.51. The molecular formula is C28H32F2N4O2S2. The average Bonchev–Trinajstić information content (AvgIpc) is 3.11. The number of aromatic nitrogens is 2. The number of nitrogens with zero attached hydrogens (tertiary/aromatic N) is 2.